The number of benzene rings is 1. The molecule has 0 spiro atoms. The Kier molecular flexibility index (Phi) is 3.58. The molecule has 0 amide bonds. The molecule has 0 aromatic heterocycles. The standard InChI is InChI=1S/C11H15NOS/c1-7(2)14-9-4-5-10(8(3)13)11(12)6-9/h4-7H,12H2,1-3H3. The van der Waals surface area contributed by atoms with Gasteiger partial charge < -0.3 is 5.73 Å². The molecular weight excluding hydrogens is 194 g/mol. The van der Waals surface area contributed by atoms with Gasteiger partial charge >= 0.3 is 0 Å². The van der Waals surface area contributed by atoms with E-state index in [-0.39, 0.29) is 5.78 Å². The van der Waals surface area contributed by atoms with E-state index in [2.05, 4.69) is 13.8 Å². The van der Waals surface area contributed by atoms with Crippen LogP contribution in [0.3, 0.4) is 0 Å². The van der Waals surface area contributed by atoms with Gasteiger partial charge in [-0.2, -0.15) is 0 Å². The van der Waals surface area contributed by atoms with E-state index < -0.39 is 0 Å². The van der Waals surface area contributed by atoms with Crippen LogP contribution in [0.1, 0.15) is 31.1 Å². The smallest absolute Gasteiger partial charge is 0.161 e. The quantitative estimate of drug-likeness (QED) is 0.473. The summed E-state index contributed by atoms with van der Waals surface area (Å²) < 4.78 is 0. The maximum Gasteiger partial charge on any atom is 0.161 e. The van der Waals surface area contributed by atoms with Crippen molar-refractivity contribution in [3.63, 3.8) is 0 Å². The first-order valence-corrected chi connectivity index (χ1v) is 5.46. The SMILES string of the molecule is CC(=O)c1ccc(SC(C)C)cc1N. The fourth-order valence-corrected chi connectivity index (χ4v) is 2.09. The van der Waals surface area contributed by atoms with Gasteiger partial charge in [-0.05, 0) is 25.1 Å². The van der Waals surface area contributed by atoms with Crippen molar-refractivity contribution in [2.75, 3.05) is 5.73 Å². The van der Waals surface area contributed by atoms with Gasteiger partial charge in [0.2, 0.25) is 0 Å². The maximum absolute atomic E-state index is 11.1. The molecule has 0 saturated heterocycles. The maximum atomic E-state index is 11.1. The van der Waals surface area contributed by atoms with Crippen molar-refractivity contribution in [2.24, 2.45) is 0 Å². The number of thioether (sulfide) groups is 1. The number of Topliss-reactive ketones (excluding diaryl/α,β-unsaturated/α-hetero) is 1. The number of carbonyl (C=O) groups is 1. The number of carbonyl (C=O) groups excluding carboxylic acids is 1. The number of ketones is 1. The van der Waals surface area contributed by atoms with Crippen molar-refractivity contribution in [2.45, 2.75) is 30.9 Å². The molecule has 14 heavy (non-hydrogen) atoms. The van der Waals surface area contributed by atoms with Crippen LogP contribution in [0, 0.1) is 0 Å². The van der Waals surface area contributed by atoms with Crippen LogP contribution in [0.2, 0.25) is 0 Å². The highest BCUT2D eigenvalue weighted by Gasteiger charge is 2.06. The lowest BCUT2D eigenvalue weighted by Gasteiger charge is -2.07. The Balaban J connectivity index is 2.94. The van der Waals surface area contributed by atoms with Crippen molar-refractivity contribution in [1.82, 2.24) is 0 Å². The summed E-state index contributed by atoms with van der Waals surface area (Å²) in [4.78, 5) is 12.2. The molecule has 0 bridgehead atoms. The van der Waals surface area contributed by atoms with Gasteiger partial charge in [0.15, 0.2) is 5.78 Å². The van der Waals surface area contributed by atoms with Crippen molar-refractivity contribution in [1.29, 1.82) is 0 Å². The Morgan fingerprint density at radius 3 is 2.50 bits per heavy atom. The Hall–Kier alpha value is -0.960. The lowest BCUT2D eigenvalue weighted by atomic mass is 10.1. The van der Waals surface area contributed by atoms with Crippen LogP contribution in [-0.2, 0) is 0 Å². The number of rotatable bonds is 3. The van der Waals surface area contributed by atoms with Gasteiger partial charge in [0.05, 0.1) is 0 Å². The van der Waals surface area contributed by atoms with E-state index in [1.54, 1.807) is 17.8 Å². The van der Waals surface area contributed by atoms with Crippen LogP contribution >= 0.6 is 11.8 Å². The summed E-state index contributed by atoms with van der Waals surface area (Å²) >= 11 is 1.74. The van der Waals surface area contributed by atoms with Crippen LogP contribution in [0.15, 0.2) is 23.1 Å². The summed E-state index contributed by atoms with van der Waals surface area (Å²) in [5, 5.41) is 0.526. The lowest BCUT2D eigenvalue weighted by molar-refractivity contribution is 0.101. The Morgan fingerprint density at radius 1 is 1.43 bits per heavy atom. The van der Waals surface area contributed by atoms with Crippen molar-refractivity contribution >= 4 is 23.2 Å². The minimum absolute atomic E-state index is 0.0172. The van der Waals surface area contributed by atoms with Crippen LogP contribution in [0.5, 0.6) is 0 Å². The van der Waals surface area contributed by atoms with Gasteiger partial charge in [-0.15, -0.1) is 11.8 Å². The third kappa shape index (κ3) is 2.77. The average Bonchev–Trinajstić information content (AvgIpc) is 2.01. The summed E-state index contributed by atoms with van der Waals surface area (Å²) in [6, 6.07) is 5.60. The van der Waals surface area contributed by atoms with Gasteiger partial charge in [-0.3, -0.25) is 4.79 Å². The van der Waals surface area contributed by atoms with E-state index in [1.165, 1.54) is 6.92 Å². The first-order valence-electron chi connectivity index (χ1n) is 4.58. The average molecular weight is 209 g/mol. The monoisotopic (exact) mass is 209 g/mol. The molecular formula is C11H15NOS. The van der Waals surface area contributed by atoms with Crippen LogP contribution in [0.25, 0.3) is 0 Å². The number of nitrogens with two attached hydrogens (primary N) is 1. The molecule has 76 valence electrons. The minimum atomic E-state index is 0.0172. The minimum Gasteiger partial charge on any atom is -0.398 e. The van der Waals surface area contributed by atoms with Gasteiger partial charge in [0.1, 0.15) is 0 Å². The van der Waals surface area contributed by atoms with Crippen molar-refractivity contribution in [3.8, 4) is 0 Å². The van der Waals surface area contributed by atoms with E-state index in [1.807, 2.05) is 12.1 Å². The fraction of sp³-hybridized carbons (Fsp3) is 0.364. The van der Waals surface area contributed by atoms with Gasteiger partial charge in [-0.1, -0.05) is 13.8 Å². The summed E-state index contributed by atoms with van der Waals surface area (Å²) in [6.07, 6.45) is 0. The Morgan fingerprint density at radius 2 is 2.07 bits per heavy atom. The summed E-state index contributed by atoms with van der Waals surface area (Å²) in [7, 11) is 0. The lowest BCUT2D eigenvalue weighted by Crippen LogP contribution is -1.99. The molecule has 0 heterocycles. The third-order valence-electron chi connectivity index (χ3n) is 1.77. The summed E-state index contributed by atoms with van der Waals surface area (Å²) in [5.74, 6) is 0.0172. The van der Waals surface area contributed by atoms with E-state index in [0.29, 0.717) is 16.5 Å². The Labute approximate surface area is 88.9 Å². The zero-order chi connectivity index (χ0) is 10.7. The first kappa shape index (κ1) is 11.1. The molecule has 0 aliphatic heterocycles. The second kappa shape index (κ2) is 4.51. The number of anilines is 1. The molecule has 2 nitrogen and oxygen atoms in total. The van der Waals surface area contributed by atoms with Gasteiger partial charge in [0, 0.05) is 21.4 Å². The van der Waals surface area contributed by atoms with E-state index in [0.717, 1.165) is 4.90 Å². The normalized spacial score (nSPS) is 10.6. The molecule has 0 saturated carbocycles. The molecule has 0 atom stereocenters. The van der Waals surface area contributed by atoms with Crippen LogP contribution in [0.4, 0.5) is 5.69 Å². The zero-order valence-corrected chi connectivity index (χ0v) is 9.52. The van der Waals surface area contributed by atoms with Gasteiger partial charge in [0.25, 0.3) is 0 Å². The second-order valence-electron chi connectivity index (χ2n) is 3.47. The molecule has 0 aliphatic carbocycles. The zero-order valence-electron chi connectivity index (χ0n) is 8.70. The van der Waals surface area contributed by atoms with Crippen LogP contribution < -0.4 is 5.73 Å². The fourth-order valence-electron chi connectivity index (χ4n) is 1.21. The highest BCUT2D eigenvalue weighted by molar-refractivity contribution is 7.99. The van der Waals surface area contributed by atoms with E-state index in [4.69, 9.17) is 5.73 Å². The molecule has 1 rings (SSSR count). The van der Waals surface area contributed by atoms with Crippen molar-refractivity contribution < 1.29 is 4.79 Å². The molecule has 1 aromatic rings. The van der Waals surface area contributed by atoms with Crippen LogP contribution in [-0.4, -0.2) is 11.0 Å². The third-order valence-corrected chi connectivity index (χ3v) is 2.77. The number of nitrogen functional groups attached to an aromatic ring is 1. The molecule has 0 unspecified atom stereocenters. The number of hydrogen-bond acceptors (Lipinski definition) is 3. The Bertz CT molecular complexity index is 347. The first-order chi connectivity index (χ1) is 6.50. The summed E-state index contributed by atoms with van der Waals surface area (Å²) in [6.45, 7) is 5.78. The molecule has 0 aliphatic rings. The van der Waals surface area contributed by atoms with E-state index >= 15 is 0 Å². The second-order valence-corrected chi connectivity index (χ2v) is 5.12. The summed E-state index contributed by atoms with van der Waals surface area (Å²) in [5.41, 5.74) is 6.95. The van der Waals surface area contributed by atoms with E-state index in [9.17, 15) is 4.79 Å². The van der Waals surface area contributed by atoms with Crippen molar-refractivity contribution in [3.05, 3.63) is 23.8 Å². The predicted octanol–water partition coefficient (Wildman–Crippen LogP) is 2.97. The van der Waals surface area contributed by atoms with Gasteiger partial charge in [-0.25, -0.2) is 0 Å². The molecule has 2 N–H and O–H groups in total. The molecule has 0 fully saturated rings. The highest BCUT2D eigenvalue weighted by Crippen LogP contribution is 2.26. The molecule has 3 heteroatoms. The number of hydrogen-bond donors (Lipinski definition) is 1. The highest BCUT2D eigenvalue weighted by atomic mass is 32.2. The topological polar surface area (TPSA) is 43.1 Å². The largest absolute Gasteiger partial charge is 0.398 e. The molecule has 1 aromatic carbocycles. The predicted molar refractivity (Wildman–Crippen MR) is 61.9 cm³/mol. The molecule has 0 radical (unpaired) electrons.